The zero-order chi connectivity index (χ0) is 11.7. The van der Waals surface area contributed by atoms with Crippen molar-refractivity contribution < 1.29 is 0 Å². The molecule has 0 spiro atoms. The molecule has 1 aliphatic rings. The number of nitrogens with zero attached hydrogens (tertiary/aromatic N) is 2. The highest BCUT2D eigenvalue weighted by atomic mass is 14.9. The Labute approximate surface area is 101 Å². The number of H-pyrrole nitrogens is 1. The van der Waals surface area contributed by atoms with E-state index in [1.165, 1.54) is 29.8 Å². The number of pyridine rings is 1. The molecule has 0 aliphatic heterocycles. The van der Waals surface area contributed by atoms with Crippen LogP contribution in [0.3, 0.4) is 0 Å². The Morgan fingerprint density at radius 1 is 1.41 bits per heavy atom. The van der Waals surface area contributed by atoms with Crippen LogP contribution in [0.25, 0.3) is 0 Å². The fraction of sp³-hybridized carbons (Fsp3) is 0.429. The van der Waals surface area contributed by atoms with Gasteiger partial charge >= 0.3 is 0 Å². The highest BCUT2D eigenvalue weighted by molar-refractivity contribution is 5.30. The Morgan fingerprint density at radius 3 is 3.18 bits per heavy atom. The second kappa shape index (κ2) is 4.32. The van der Waals surface area contributed by atoms with Gasteiger partial charge < -0.3 is 4.98 Å². The highest BCUT2D eigenvalue weighted by Crippen LogP contribution is 2.38. The number of hydrogen-bond donors (Lipinski definition) is 1. The fourth-order valence-corrected chi connectivity index (χ4v) is 2.79. The van der Waals surface area contributed by atoms with Crippen molar-refractivity contribution in [3.63, 3.8) is 0 Å². The van der Waals surface area contributed by atoms with Gasteiger partial charge in [0, 0.05) is 29.7 Å². The average Bonchev–Trinajstić information content (AvgIpc) is 2.86. The van der Waals surface area contributed by atoms with Crippen LogP contribution in [0, 0.1) is 0 Å². The molecule has 2 atom stereocenters. The minimum absolute atomic E-state index is 0.544. The van der Waals surface area contributed by atoms with Crippen molar-refractivity contribution in [3.05, 3.63) is 47.8 Å². The quantitative estimate of drug-likeness (QED) is 0.856. The molecule has 0 saturated heterocycles. The van der Waals surface area contributed by atoms with Gasteiger partial charge in [-0.2, -0.15) is 0 Å². The Hall–Kier alpha value is -1.64. The topological polar surface area (TPSA) is 41.6 Å². The molecule has 2 unspecified atom stereocenters. The second-order valence-electron chi connectivity index (χ2n) is 4.93. The van der Waals surface area contributed by atoms with Crippen LogP contribution in [0.1, 0.15) is 48.6 Å². The average molecular weight is 227 g/mol. The molecule has 88 valence electrons. The molecule has 1 aliphatic carbocycles. The van der Waals surface area contributed by atoms with Gasteiger partial charge in [-0.25, -0.2) is 4.98 Å². The van der Waals surface area contributed by atoms with Gasteiger partial charge in [0.05, 0.1) is 6.33 Å². The van der Waals surface area contributed by atoms with Gasteiger partial charge in [-0.05, 0) is 36.8 Å². The maximum absolute atomic E-state index is 4.60. The lowest BCUT2D eigenvalue weighted by atomic mass is 9.79. The first-order valence-electron chi connectivity index (χ1n) is 6.26. The van der Waals surface area contributed by atoms with Crippen molar-refractivity contribution in [3.8, 4) is 0 Å². The third-order valence-corrected chi connectivity index (χ3v) is 3.76. The number of rotatable bonds is 2. The number of fused-ring (bicyclic) bond motifs is 1. The van der Waals surface area contributed by atoms with Crippen LogP contribution in [0.4, 0.5) is 0 Å². The van der Waals surface area contributed by atoms with Crippen molar-refractivity contribution in [1.29, 1.82) is 0 Å². The van der Waals surface area contributed by atoms with E-state index in [9.17, 15) is 0 Å². The second-order valence-corrected chi connectivity index (χ2v) is 4.93. The number of aromatic nitrogens is 3. The lowest BCUT2D eigenvalue weighted by molar-refractivity contribution is 0.485. The third kappa shape index (κ3) is 1.97. The van der Waals surface area contributed by atoms with Gasteiger partial charge in [0.2, 0.25) is 0 Å². The van der Waals surface area contributed by atoms with Gasteiger partial charge in [0.1, 0.15) is 0 Å². The lowest BCUT2D eigenvalue weighted by Crippen LogP contribution is -2.16. The van der Waals surface area contributed by atoms with Crippen molar-refractivity contribution in [2.45, 2.75) is 38.0 Å². The van der Waals surface area contributed by atoms with Crippen LogP contribution < -0.4 is 0 Å². The first kappa shape index (κ1) is 10.5. The summed E-state index contributed by atoms with van der Waals surface area (Å²) in [5, 5.41) is 0. The Kier molecular flexibility index (Phi) is 2.67. The minimum atomic E-state index is 0.544. The summed E-state index contributed by atoms with van der Waals surface area (Å²) in [6.45, 7) is 2.30. The van der Waals surface area contributed by atoms with E-state index in [1.54, 1.807) is 6.33 Å². The summed E-state index contributed by atoms with van der Waals surface area (Å²) < 4.78 is 0. The van der Waals surface area contributed by atoms with Gasteiger partial charge in [-0.15, -0.1) is 0 Å². The van der Waals surface area contributed by atoms with Gasteiger partial charge in [-0.3, -0.25) is 4.98 Å². The van der Waals surface area contributed by atoms with Gasteiger partial charge in [0.25, 0.3) is 0 Å². The molecule has 3 nitrogen and oxygen atoms in total. The van der Waals surface area contributed by atoms with Crippen LogP contribution in [-0.4, -0.2) is 15.0 Å². The van der Waals surface area contributed by atoms with Crippen LogP contribution >= 0.6 is 0 Å². The summed E-state index contributed by atoms with van der Waals surface area (Å²) in [5.41, 5.74) is 3.94. The summed E-state index contributed by atoms with van der Waals surface area (Å²) in [6.07, 6.45) is 9.09. The zero-order valence-electron chi connectivity index (χ0n) is 10.1. The maximum Gasteiger partial charge on any atom is 0.0921 e. The van der Waals surface area contributed by atoms with E-state index in [0.717, 1.165) is 6.42 Å². The zero-order valence-corrected chi connectivity index (χ0v) is 10.1. The molecular weight excluding hydrogens is 210 g/mol. The van der Waals surface area contributed by atoms with Crippen molar-refractivity contribution in [2.24, 2.45) is 0 Å². The van der Waals surface area contributed by atoms with E-state index < -0.39 is 0 Å². The van der Waals surface area contributed by atoms with Crippen molar-refractivity contribution in [2.75, 3.05) is 0 Å². The summed E-state index contributed by atoms with van der Waals surface area (Å²) in [4.78, 5) is 11.9. The molecule has 3 rings (SSSR count). The molecular formula is C14H17N3. The minimum Gasteiger partial charge on any atom is -0.348 e. The molecule has 2 heterocycles. The molecule has 0 fully saturated rings. The molecule has 0 radical (unpaired) electrons. The largest absolute Gasteiger partial charge is 0.348 e. The van der Waals surface area contributed by atoms with E-state index in [0.29, 0.717) is 11.8 Å². The van der Waals surface area contributed by atoms with E-state index in [2.05, 4.69) is 27.9 Å². The fourth-order valence-electron chi connectivity index (χ4n) is 2.79. The Balaban J connectivity index is 1.90. The Bertz CT molecular complexity index is 490. The van der Waals surface area contributed by atoms with Crippen LogP contribution in [0.5, 0.6) is 0 Å². The molecule has 2 aromatic rings. The first-order valence-corrected chi connectivity index (χ1v) is 6.26. The van der Waals surface area contributed by atoms with Crippen molar-refractivity contribution in [1.82, 2.24) is 15.0 Å². The van der Waals surface area contributed by atoms with E-state index in [1.807, 2.05) is 18.5 Å². The van der Waals surface area contributed by atoms with Crippen molar-refractivity contribution >= 4 is 0 Å². The maximum atomic E-state index is 4.60. The SMILES string of the molecule is CC1CCC(Cc2cnc[nH]2)c2ncccc21. The number of nitrogens with one attached hydrogen (secondary N) is 1. The summed E-state index contributed by atoms with van der Waals surface area (Å²) >= 11 is 0. The Morgan fingerprint density at radius 2 is 2.35 bits per heavy atom. The molecule has 0 bridgehead atoms. The third-order valence-electron chi connectivity index (χ3n) is 3.76. The molecule has 17 heavy (non-hydrogen) atoms. The molecule has 2 aromatic heterocycles. The predicted octanol–water partition coefficient (Wildman–Crippen LogP) is 3.03. The number of hydrogen-bond acceptors (Lipinski definition) is 2. The summed E-state index contributed by atoms with van der Waals surface area (Å²) in [6, 6.07) is 4.28. The van der Waals surface area contributed by atoms with Gasteiger partial charge in [0.15, 0.2) is 0 Å². The predicted molar refractivity (Wildman–Crippen MR) is 66.9 cm³/mol. The molecule has 1 N–H and O–H groups in total. The standard InChI is InChI=1S/C14H17N3/c1-10-4-5-11(7-12-8-15-9-17-12)14-13(10)3-2-6-16-14/h2-3,6,8-11H,4-5,7H2,1H3,(H,15,17). The normalized spacial score (nSPS) is 23.4. The first-order chi connectivity index (χ1) is 8.34. The lowest BCUT2D eigenvalue weighted by Gasteiger charge is -2.28. The van der Waals surface area contributed by atoms with E-state index >= 15 is 0 Å². The molecule has 0 amide bonds. The number of imidazole rings is 1. The summed E-state index contributed by atoms with van der Waals surface area (Å²) in [5.74, 6) is 1.19. The summed E-state index contributed by atoms with van der Waals surface area (Å²) in [7, 11) is 0. The van der Waals surface area contributed by atoms with Gasteiger partial charge in [-0.1, -0.05) is 13.0 Å². The highest BCUT2D eigenvalue weighted by Gasteiger charge is 2.25. The van der Waals surface area contributed by atoms with Crippen LogP contribution in [0.15, 0.2) is 30.9 Å². The van der Waals surface area contributed by atoms with Crippen LogP contribution in [0.2, 0.25) is 0 Å². The van der Waals surface area contributed by atoms with E-state index in [-0.39, 0.29) is 0 Å². The van der Waals surface area contributed by atoms with E-state index in [4.69, 9.17) is 0 Å². The molecule has 3 heteroatoms. The number of aromatic amines is 1. The smallest absolute Gasteiger partial charge is 0.0921 e. The molecule has 0 saturated carbocycles. The van der Waals surface area contributed by atoms with Crippen LogP contribution in [-0.2, 0) is 6.42 Å². The molecule has 0 aromatic carbocycles. The monoisotopic (exact) mass is 227 g/mol.